The van der Waals surface area contributed by atoms with Crippen molar-refractivity contribution in [2.75, 3.05) is 13.2 Å². The Morgan fingerprint density at radius 1 is 1.15 bits per heavy atom. The quantitative estimate of drug-likeness (QED) is 0.521. The van der Waals surface area contributed by atoms with Crippen molar-refractivity contribution in [1.29, 1.82) is 0 Å². The lowest BCUT2D eigenvalue weighted by Gasteiger charge is -2.15. The smallest absolute Gasteiger partial charge is 0.296 e. The van der Waals surface area contributed by atoms with Crippen molar-refractivity contribution in [2.45, 2.75) is 44.9 Å². The van der Waals surface area contributed by atoms with Crippen LogP contribution < -0.4 is 9.47 Å². The van der Waals surface area contributed by atoms with Crippen LogP contribution in [0.3, 0.4) is 0 Å². The van der Waals surface area contributed by atoms with E-state index in [4.69, 9.17) is 30.5 Å². The summed E-state index contributed by atoms with van der Waals surface area (Å²) in [6, 6.07) is 5.25. The molecule has 2 aliphatic rings. The van der Waals surface area contributed by atoms with Gasteiger partial charge in [0, 0.05) is 0 Å². The van der Waals surface area contributed by atoms with Crippen LogP contribution in [-0.2, 0) is 16.1 Å². The Morgan fingerprint density at radius 2 is 1.82 bits per heavy atom. The van der Waals surface area contributed by atoms with Gasteiger partial charge in [0.1, 0.15) is 41.6 Å². The maximum absolute atomic E-state index is 13.8. The number of terminal acetylenes is 1. The van der Waals surface area contributed by atoms with E-state index in [-0.39, 0.29) is 54.0 Å². The van der Waals surface area contributed by atoms with E-state index in [0.29, 0.717) is 5.52 Å². The first-order valence-corrected chi connectivity index (χ1v) is 10.9. The molecule has 8 nitrogen and oxygen atoms in total. The summed E-state index contributed by atoms with van der Waals surface area (Å²) < 4.78 is 49.8. The molecule has 3 aromatic rings. The van der Waals surface area contributed by atoms with Crippen LogP contribution in [0.2, 0.25) is 5.02 Å². The second-order valence-corrected chi connectivity index (χ2v) is 7.40. The summed E-state index contributed by atoms with van der Waals surface area (Å²) in [5.41, 5.74) is 0.513. The molecule has 2 N–H and O–H groups in total. The first-order valence-electron chi connectivity index (χ1n) is 10.5. The summed E-state index contributed by atoms with van der Waals surface area (Å²) in [5.74, 6) is -1.46. The molecule has 0 bridgehead atoms. The molecule has 11 heteroatoms. The highest BCUT2D eigenvalue weighted by Gasteiger charge is 2.48. The number of hydrogen-bond donors (Lipinski definition) is 2. The molecule has 0 unspecified atom stereocenters. The summed E-state index contributed by atoms with van der Waals surface area (Å²) >= 11 is 6.19. The molecular weight excluding hydrogens is 472 g/mol. The average Bonchev–Trinajstić information content (AvgIpc) is 3.53. The van der Waals surface area contributed by atoms with E-state index in [1.807, 2.05) is 13.8 Å². The Balaban J connectivity index is 0.000000771. The third kappa shape index (κ3) is 5.23. The lowest BCUT2D eigenvalue weighted by Crippen LogP contribution is -2.34. The van der Waals surface area contributed by atoms with Crippen molar-refractivity contribution in [3.05, 3.63) is 46.5 Å². The molecule has 2 aromatic heterocycles. The van der Waals surface area contributed by atoms with Gasteiger partial charge in [0.25, 0.3) is 6.01 Å². The lowest BCUT2D eigenvalue weighted by molar-refractivity contribution is 0.00706. The van der Waals surface area contributed by atoms with E-state index in [1.54, 1.807) is 0 Å². The highest BCUT2D eigenvalue weighted by molar-refractivity contribution is 6.32. The zero-order valence-electron chi connectivity index (χ0n) is 18.5. The molecule has 0 aliphatic carbocycles. The molecule has 34 heavy (non-hydrogen) atoms. The number of rotatable bonds is 5. The fraction of sp³-hybridized carbons (Fsp3) is 0.391. The first kappa shape index (κ1) is 25.6. The standard InChI is InChI=1S/C19H16ClF2N3O5.C2H6.C2H2/c20-9-4-12-17(24-18(9)29-5-8-10(21)2-1-3-11(8)22)25-19(23-12)30-14-7-28-15-13(26)6-27-16(14)15;2*1-2/h1-4,13-16,26H,5-7H2,(H,23,24,25);1-2H3;1-2H/t13-,14-,15-,16-;;/m1../s1. The second kappa shape index (κ2) is 11.4. The number of aromatic nitrogens is 3. The number of nitrogens with one attached hydrogen (secondary N) is 1. The Morgan fingerprint density at radius 3 is 2.53 bits per heavy atom. The first-order chi connectivity index (χ1) is 16.5. The number of H-pyrrole nitrogens is 1. The zero-order valence-corrected chi connectivity index (χ0v) is 19.3. The van der Waals surface area contributed by atoms with Crippen molar-refractivity contribution in [1.82, 2.24) is 15.0 Å². The van der Waals surface area contributed by atoms with Gasteiger partial charge in [-0.2, -0.15) is 9.97 Å². The molecule has 2 fully saturated rings. The number of ether oxygens (including phenoxy) is 4. The van der Waals surface area contributed by atoms with Gasteiger partial charge in [-0.15, -0.1) is 12.8 Å². The zero-order chi connectivity index (χ0) is 24.8. The summed E-state index contributed by atoms with van der Waals surface area (Å²) in [6.45, 7) is 4.06. The average molecular weight is 496 g/mol. The van der Waals surface area contributed by atoms with E-state index in [2.05, 4.69) is 27.8 Å². The monoisotopic (exact) mass is 495 g/mol. The highest BCUT2D eigenvalue weighted by Crippen LogP contribution is 2.31. The summed E-state index contributed by atoms with van der Waals surface area (Å²) in [5, 5.41) is 9.95. The normalized spacial score (nSPS) is 22.8. The number of halogens is 3. The summed E-state index contributed by atoms with van der Waals surface area (Å²) in [4.78, 5) is 11.4. The molecule has 1 aromatic carbocycles. The minimum atomic E-state index is -0.723. The van der Waals surface area contributed by atoms with E-state index < -0.39 is 29.9 Å². The number of aliphatic hydroxyl groups excluding tert-OH is 1. The van der Waals surface area contributed by atoms with Gasteiger partial charge in [-0.05, 0) is 18.2 Å². The molecule has 4 atom stereocenters. The van der Waals surface area contributed by atoms with Gasteiger partial charge in [0.15, 0.2) is 11.8 Å². The minimum absolute atomic E-state index is 0.0172. The molecule has 4 heterocycles. The predicted octanol–water partition coefficient (Wildman–Crippen LogP) is 3.65. The van der Waals surface area contributed by atoms with Gasteiger partial charge in [0.05, 0.1) is 24.3 Å². The van der Waals surface area contributed by atoms with Gasteiger partial charge in [-0.25, -0.2) is 8.78 Å². The molecule has 0 saturated carbocycles. The molecular formula is C23H24ClF2N3O5. The molecule has 182 valence electrons. The number of aliphatic hydroxyl groups is 1. The molecule has 0 spiro atoms. The Kier molecular flexibility index (Phi) is 8.63. The highest BCUT2D eigenvalue weighted by atomic mass is 35.5. The third-order valence-electron chi connectivity index (χ3n) is 5.03. The minimum Gasteiger partial charge on any atom is -0.471 e. The fourth-order valence-electron chi connectivity index (χ4n) is 3.54. The second-order valence-electron chi connectivity index (χ2n) is 7.00. The molecule has 0 amide bonds. The third-order valence-corrected chi connectivity index (χ3v) is 5.30. The van der Waals surface area contributed by atoms with Crippen LogP contribution >= 0.6 is 11.6 Å². The molecule has 2 saturated heterocycles. The van der Waals surface area contributed by atoms with Crippen molar-refractivity contribution >= 4 is 22.8 Å². The SMILES string of the molecule is C#C.CC.O[C@@H]1CO[C@H]2[C@@H]1OC[C@H]2Oc1nc2nc(OCc3c(F)cccc3F)c(Cl)cc2[nH]1. The van der Waals surface area contributed by atoms with Crippen LogP contribution in [0, 0.1) is 24.5 Å². The van der Waals surface area contributed by atoms with Crippen molar-refractivity contribution in [2.24, 2.45) is 0 Å². The van der Waals surface area contributed by atoms with Crippen LogP contribution in [0.5, 0.6) is 11.9 Å². The van der Waals surface area contributed by atoms with Gasteiger partial charge in [0.2, 0.25) is 5.88 Å². The Bertz CT molecular complexity index is 1120. The van der Waals surface area contributed by atoms with Crippen molar-refractivity contribution in [3.8, 4) is 24.7 Å². The number of hydrogen-bond acceptors (Lipinski definition) is 7. The van der Waals surface area contributed by atoms with E-state index >= 15 is 0 Å². The van der Waals surface area contributed by atoms with Crippen LogP contribution in [0.15, 0.2) is 24.3 Å². The van der Waals surface area contributed by atoms with Gasteiger partial charge < -0.3 is 29.0 Å². The number of imidazole rings is 1. The van der Waals surface area contributed by atoms with Crippen LogP contribution in [-0.4, -0.2) is 57.7 Å². The van der Waals surface area contributed by atoms with Crippen molar-refractivity contribution < 1.29 is 32.8 Å². The lowest BCUT2D eigenvalue weighted by atomic mass is 10.1. The van der Waals surface area contributed by atoms with Crippen molar-refractivity contribution in [3.63, 3.8) is 0 Å². The van der Waals surface area contributed by atoms with Gasteiger partial charge >= 0.3 is 0 Å². The fourth-order valence-corrected chi connectivity index (χ4v) is 3.74. The Hall–Kier alpha value is -2.97. The van der Waals surface area contributed by atoms with Crippen LogP contribution in [0.4, 0.5) is 8.78 Å². The van der Waals surface area contributed by atoms with Crippen LogP contribution in [0.25, 0.3) is 11.2 Å². The number of benzene rings is 1. The molecule has 0 radical (unpaired) electrons. The van der Waals surface area contributed by atoms with E-state index in [9.17, 15) is 13.9 Å². The van der Waals surface area contributed by atoms with E-state index in [1.165, 1.54) is 12.1 Å². The predicted molar refractivity (Wildman–Crippen MR) is 121 cm³/mol. The summed E-state index contributed by atoms with van der Waals surface area (Å²) in [6.07, 6.45) is 6.06. The number of pyridine rings is 1. The number of aromatic amines is 1. The molecule has 2 aliphatic heterocycles. The maximum Gasteiger partial charge on any atom is 0.296 e. The number of nitrogens with zero attached hydrogens (tertiary/aromatic N) is 2. The maximum atomic E-state index is 13.8. The largest absolute Gasteiger partial charge is 0.471 e. The van der Waals surface area contributed by atoms with Crippen LogP contribution in [0.1, 0.15) is 19.4 Å². The Labute approximate surface area is 200 Å². The summed E-state index contributed by atoms with van der Waals surface area (Å²) in [7, 11) is 0. The van der Waals surface area contributed by atoms with E-state index in [0.717, 1.165) is 12.1 Å². The van der Waals surface area contributed by atoms with Gasteiger partial charge in [-0.3, -0.25) is 0 Å². The topological polar surface area (TPSA) is 98.7 Å². The van der Waals surface area contributed by atoms with Gasteiger partial charge in [-0.1, -0.05) is 31.5 Å². The number of fused-ring (bicyclic) bond motifs is 2. The molecule has 5 rings (SSSR count).